The lowest BCUT2D eigenvalue weighted by Crippen LogP contribution is -2.43. The van der Waals surface area contributed by atoms with Gasteiger partial charge in [0.1, 0.15) is 17.6 Å². The summed E-state index contributed by atoms with van der Waals surface area (Å²) in [5.74, 6) is -3.16. The molecular weight excluding hydrogens is 639 g/mol. The maximum atomic E-state index is 12.6. The summed E-state index contributed by atoms with van der Waals surface area (Å²) in [6, 6.07) is -0.140. The van der Waals surface area contributed by atoms with Gasteiger partial charge in [0.05, 0.1) is 18.1 Å². The number of allylic oxidation sites excluding steroid dienone is 7. The molecule has 1 aliphatic carbocycles. The highest BCUT2D eigenvalue weighted by molar-refractivity contribution is 6.29. The molecule has 7 N–H and O–H groups in total. The van der Waals surface area contributed by atoms with Gasteiger partial charge in [0.2, 0.25) is 5.91 Å². The lowest BCUT2D eigenvalue weighted by atomic mass is 9.86. The summed E-state index contributed by atoms with van der Waals surface area (Å²) in [6.07, 6.45) is 9.93. The molecule has 13 heteroatoms. The van der Waals surface area contributed by atoms with Gasteiger partial charge in [0.25, 0.3) is 0 Å². The van der Waals surface area contributed by atoms with Gasteiger partial charge in [0, 0.05) is 29.5 Å². The zero-order chi connectivity index (χ0) is 34.8. The number of carbonyl (C=O) groups excluding carboxylic acids is 3. The van der Waals surface area contributed by atoms with Crippen molar-refractivity contribution < 1.29 is 44.3 Å². The van der Waals surface area contributed by atoms with Gasteiger partial charge in [-0.1, -0.05) is 73.9 Å². The third kappa shape index (κ3) is 15.6. The first kappa shape index (κ1) is 41.1. The van der Waals surface area contributed by atoms with E-state index in [9.17, 15) is 39.6 Å². The molecule has 8 atom stereocenters. The number of amides is 2. The Hall–Kier alpha value is -2.96. The zero-order valence-electron chi connectivity index (χ0n) is 26.6. The number of primary amides is 1. The minimum Gasteiger partial charge on any atom is -0.481 e. The number of unbranched alkanes of at least 4 members (excludes halogenated alkanes) is 1. The van der Waals surface area contributed by atoms with Crippen LogP contribution >= 0.6 is 23.2 Å². The maximum absolute atomic E-state index is 12.6. The van der Waals surface area contributed by atoms with E-state index in [-0.39, 0.29) is 17.0 Å². The number of hydrogen-bond donors (Lipinski definition) is 6. The fourth-order valence-electron chi connectivity index (χ4n) is 4.83. The molecule has 8 unspecified atom stereocenters. The molecule has 0 spiro atoms. The molecular formula is C33H48Cl2N2O9. The van der Waals surface area contributed by atoms with Crippen LogP contribution in [0.25, 0.3) is 0 Å². The highest BCUT2D eigenvalue weighted by atomic mass is 35.5. The molecule has 0 radical (unpaired) electrons. The molecule has 1 fully saturated rings. The summed E-state index contributed by atoms with van der Waals surface area (Å²) in [5.41, 5.74) is 5.99. The van der Waals surface area contributed by atoms with Crippen LogP contribution in [0.2, 0.25) is 0 Å². The Morgan fingerprint density at radius 2 is 1.72 bits per heavy atom. The molecule has 1 aliphatic rings. The van der Waals surface area contributed by atoms with E-state index in [4.69, 9.17) is 33.7 Å². The molecule has 0 aromatic rings. The van der Waals surface area contributed by atoms with E-state index < -0.39 is 65.9 Å². The number of aliphatic hydroxyl groups excluding tert-OH is 3. The summed E-state index contributed by atoms with van der Waals surface area (Å²) in [6.45, 7) is 5.28. The monoisotopic (exact) mass is 686 g/mol. The number of hydrogen-bond acceptors (Lipinski definition) is 8. The molecule has 46 heavy (non-hydrogen) atoms. The van der Waals surface area contributed by atoms with Crippen LogP contribution in [0.15, 0.2) is 59.2 Å². The molecule has 0 saturated heterocycles. The van der Waals surface area contributed by atoms with Crippen molar-refractivity contribution in [2.45, 2.75) is 108 Å². The Morgan fingerprint density at radius 3 is 2.35 bits per heavy atom. The van der Waals surface area contributed by atoms with Gasteiger partial charge in [0.15, 0.2) is 5.78 Å². The van der Waals surface area contributed by atoms with Crippen molar-refractivity contribution >= 4 is 47.0 Å². The van der Waals surface area contributed by atoms with Crippen LogP contribution in [0.4, 0.5) is 4.79 Å². The molecule has 0 heterocycles. The average Bonchev–Trinajstić information content (AvgIpc) is 3.01. The first-order chi connectivity index (χ1) is 21.7. The van der Waals surface area contributed by atoms with Gasteiger partial charge < -0.3 is 36.2 Å². The highest BCUT2D eigenvalue weighted by Gasteiger charge is 2.35. The summed E-state index contributed by atoms with van der Waals surface area (Å²) < 4.78 is 4.89. The first-order valence-corrected chi connectivity index (χ1v) is 16.2. The smallest absolute Gasteiger partial charge is 0.405 e. The Kier molecular flexibility index (Phi) is 19.4. The number of rotatable bonds is 19. The van der Waals surface area contributed by atoms with Crippen LogP contribution in [0.5, 0.6) is 0 Å². The normalized spacial score (nSPS) is 21.9. The molecule has 11 nitrogen and oxygen atoms in total. The van der Waals surface area contributed by atoms with Crippen LogP contribution in [0.3, 0.4) is 0 Å². The van der Waals surface area contributed by atoms with Gasteiger partial charge in [-0.2, -0.15) is 0 Å². The fraction of sp³-hybridized carbons (Fsp3) is 0.576. The number of halogens is 2. The van der Waals surface area contributed by atoms with Crippen molar-refractivity contribution in [2.24, 2.45) is 17.6 Å². The number of Topliss-reactive ketones (excluding diaryl/α,β-unsaturated/α-hetero) is 1. The number of carbonyl (C=O) groups is 4. The SMILES string of the molecule is CC/C=C/C(OC(N)=O)C(Cl)C(O)CC(=O)C(O)C(O)C(C)/C(Cl)=C/CC/C=C(C)/C=C/C=C/C(=O)NC1CCCC(C(=O)O)C1. The van der Waals surface area contributed by atoms with E-state index in [1.54, 1.807) is 31.2 Å². The quantitative estimate of drug-likeness (QED) is 0.0374. The number of aliphatic carboxylic acids is 1. The molecule has 258 valence electrons. The molecule has 2 amide bonds. The average molecular weight is 688 g/mol. The number of aliphatic hydroxyl groups is 3. The topological polar surface area (TPSA) is 196 Å². The second-order valence-corrected chi connectivity index (χ2v) is 12.3. The standard InChI is InChI=1S/C33H48Cl2N2O9/c1-4-5-16-27(46-33(36)45)29(35)25(38)19-26(39)31(42)30(41)21(3)24(34)15-8-6-11-20(2)12-7-9-17-28(40)37-23-14-10-13-22(18-23)32(43)44/h5,7,9,11-12,15-17,21-23,25,27,29-31,38,41-42H,4,6,8,10,13-14,18-19H2,1-3H3,(H2,36,45)(H,37,40)(H,43,44)/b12-7+,16-5+,17-9+,20-11+,24-15-. The number of ketones is 1. The van der Waals surface area contributed by atoms with Gasteiger partial charge in [-0.05, 0) is 51.5 Å². The number of carboxylic acids is 1. The lowest BCUT2D eigenvalue weighted by Gasteiger charge is -2.26. The molecule has 0 bridgehead atoms. The number of nitrogens with one attached hydrogen (secondary N) is 1. The number of nitrogens with two attached hydrogens (primary N) is 1. The highest BCUT2D eigenvalue weighted by Crippen LogP contribution is 2.25. The molecule has 1 rings (SSSR count). The van der Waals surface area contributed by atoms with E-state index in [0.29, 0.717) is 32.1 Å². The Bertz CT molecular complexity index is 1170. The number of ether oxygens (including phenoxy) is 1. The molecule has 0 aromatic heterocycles. The summed E-state index contributed by atoms with van der Waals surface area (Å²) in [4.78, 5) is 47.1. The van der Waals surface area contributed by atoms with Crippen molar-refractivity contribution in [1.82, 2.24) is 5.32 Å². The van der Waals surface area contributed by atoms with E-state index in [2.05, 4.69) is 5.32 Å². The predicted octanol–water partition coefficient (Wildman–Crippen LogP) is 4.42. The summed E-state index contributed by atoms with van der Waals surface area (Å²) in [5, 5.41) is 42.5. The van der Waals surface area contributed by atoms with Gasteiger partial charge in [-0.3, -0.25) is 14.4 Å². The second kappa shape index (κ2) is 21.8. The van der Waals surface area contributed by atoms with Crippen molar-refractivity contribution in [3.05, 3.63) is 59.2 Å². The number of carboxylic acid groups (broad SMARTS) is 1. The first-order valence-electron chi connectivity index (χ1n) is 15.4. The lowest BCUT2D eigenvalue weighted by molar-refractivity contribution is -0.143. The second-order valence-electron chi connectivity index (χ2n) is 11.4. The van der Waals surface area contributed by atoms with Crippen LogP contribution in [-0.4, -0.2) is 80.0 Å². The number of alkyl halides is 1. The summed E-state index contributed by atoms with van der Waals surface area (Å²) in [7, 11) is 0. The van der Waals surface area contributed by atoms with Gasteiger partial charge in [-0.25, -0.2) is 4.79 Å². The van der Waals surface area contributed by atoms with Crippen molar-refractivity contribution in [3.63, 3.8) is 0 Å². The largest absolute Gasteiger partial charge is 0.481 e. The van der Waals surface area contributed by atoms with Crippen LogP contribution in [0, 0.1) is 11.8 Å². The minimum absolute atomic E-state index is 0.140. The third-order valence-electron chi connectivity index (χ3n) is 7.57. The Labute approximate surface area is 280 Å². The molecule has 1 saturated carbocycles. The van der Waals surface area contributed by atoms with Crippen LogP contribution in [-0.2, 0) is 19.1 Å². The molecule has 0 aromatic carbocycles. The zero-order valence-corrected chi connectivity index (χ0v) is 28.1. The van der Waals surface area contributed by atoms with E-state index >= 15 is 0 Å². The minimum atomic E-state index is -1.84. The van der Waals surface area contributed by atoms with E-state index in [0.717, 1.165) is 18.4 Å². The maximum Gasteiger partial charge on any atom is 0.405 e. The van der Waals surface area contributed by atoms with Crippen molar-refractivity contribution in [3.8, 4) is 0 Å². The van der Waals surface area contributed by atoms with Crippen molar-refractivity contribution in [1.29, 1.82) is 0 Å². The summed E-state index contributed by atoms with van der Waals surface area (Å²) >= 11 is 12.5. The van der Waals surface area contributed by atoms with E-state index in [1.165, 1.54) is 12.2 Å². The fourth-order valence-corrected chi connectivity index (χ4v) is 5.29. The van der Waals surface area contributed by atoms with Gasteiger partial charge in [-0.15, -0.1) is 11.6 Å². The van der Waals surface area contributed by atoms with Crippen molar-refractivity contribution in [2.75, 3.05) is 0 Å². The third-order valence-corrected chi connectivity index (χ3v) is 8.60. The van der Waals surface area contributed by atoms with Gasteiger partial charge >= 0.3 is 12.1 Å². The predicted molar refractivity (Wildman–Crippen MR) is 177 cm³/mol. The Morgan fingerprint density at radius 1 is 1.07 bits per heavy atom. The molecule has 0 aliphatic heterocycles. The van der Waals surface area contributed by atoms with Crippen LogP contribution < -0.4 is 11.1 Å². The Balaban J connectivity index is 2.56. The van der Waals surface area contributed by atoms with E-state index in [1.807, 2.05) is 26.0 Å². The van der Waals surface area contributed by atoms with Crippen LogP contribution in [0.1, 0.15) is 72.1 Å².